The molecule has 1 fully saturated rings. The lowest BCUT2D eigenvalue weighted by Crippen LogP contribution is -2.38. The van der Waals surface area contributed by atoms with Gasteiger partial charge in [-0.05, 0) is 25.0 Å². The Labute approximate surface area is 129 Å². The molecule has 4 rings (SSSR count). The van der Waals surface area contributed by atoms with Crippen LogP contribution in [0.3, 0.4) is 0 Å². The van der Waals surface area contributed by atoms with Gasteiger partial charge in [-0.2, -0.15) is 10.1 Å². The second kappa shape index (κ2) is 5.53. The molecular weight excluding hydrogens is 278 g/mol. The quantitative estimate of drug-likeness (QED) is 0.842. The van der Waals surface area contributed by atoms with Crippen LogP contribution < -0.4 is 9.80 Å². The number of para-hydroxylation sites is 1. The summed E-state index contributed by atoms with van der Waals surface area (Å²) in [5.41, 5.74) is 2.59. The molecule has 0 amide bonds. The second-order valence-corrected chi connectivity index (χ2v) is 5.77. The lowest BCUT2D eigenvalue weighted by Gasteiger charge is -2.28. The first-order valence-corrected chi connectivity index (χ1v) is 7.72. The van der Waals surface area contributed by atoms with Crippen molar-refractivity contribution in [2.24, 2.45) is 0 Å². The first-order valence-electron chi connectivity index (χ1n) is 7.72. The fourth-order valence-electron chi connectivity index (χ4n) is 3.21. The van der Waals surface area contributed by atoms with Crippen LogP contribution in [-0.2, 0) is 11.2 Å². The SMILES string of the molecule is CC1Cc2ccccc2N1c1cnnc(N2CCOCC2)n1. The van der Waals surface area contributed by atoms with Crippen LogP contribution in [0.4, 0.5) is 17.5 Å². The van der Waals surface area contributed by atoms with Gasteiger partial charge in [0.25, 0.3) is 0 Å². The molecule has 2 aliphatic heterocycles. The highest BCUT2D eigenvalue weighted by Crippen LogP contribution is 2.37. The number of nitrogens with zero attached hydrogens (tertiary/aromatic N) is 5. The van der Waals surface area contributed by atoms with E-state index in [1.165, 1.54) is 11.3 Å². The predicted molar refractivity (Wildman–Crippen MR) is 84.6 cm³/mol. The third-order valence-corrected chi connectivity index (χ3v) is 4.28. The highest BCUT2D eigenvalue weighted by Gasteiger charge is 2.28. The Morgan fingerprint density at radius 1 is 1.18 bits per heavy atom. The summed E-state index contributed by atoms with van der Waals surface area (Å²) >= 11 is 0. The highest BCUT2D eigenvalue weighted by atomic mass is 16.5. The molecular formula is C16H19N5O. The summed E-state index contributed by atoms with van der Waals surface area (Å²) in [6.07, 6.45) is 2.79. The summed E-state index contributed by atoms with van der Waals surface area (Å²) in [7, 11) is 0. The van der Waals surface area contributed by atoms with Crippen LogP contribution in [0.5, 0.6) is 0 Å². The molecule has 1 aromatic carbocycles. The van der Waals surface area contributed by atoms with Gasteiger partial charge in [0.2, 0.25) is 5.95 Å². The smallest absolute Gasteiger partial charge is 0.247 e. The van der Waals surface area contributed by atoms with E-state index < -0.39 is 0 Å². The van der Waals surface area contributed by atoms with Gasteiger partial charge in [0, 0.05) is 24.8 Å². The molecule has 6 nitrogen and oxygen atoms in total. The van der Waals surface area contributed by atoms with Gasteiger partial charge in [-0.1, -0.05) is 18.2 Å². The van der Waals surface area contributed by atoms with Crippen LogP contribution in [0.1, 0.15) is 12.5 Å². The Balaban J connectivity index is 1.68. The first kappa shape index (κ1) is 13.5. The molecule has 0 spiro atoms. The Bertz CT molecular complexity index is 671. The fraction of sp³-hybridized carbons (Fsp3) is 0.438. The molecule has 1 unspecified atom stereocenters. The van der Waals surface area contributed by atoms with Crippen molar-refractivity contribution >= 4 is 17.5 Å². The zero-order valence-electron chi connectivity index (χ0n) is 12.6. The largest absolute Gasteiger partial charge is 0.378 e. The van der Waals surface area contributed by atoms with Gasteiger partial charge in [0.05, 0.1) is 19.4 Å². The van der Waals surface area contributed by atoms with Gasteiger partial charge in [-0.15, -0.1) is 5.10 Å². The van der Waals surface area contributed by atoms with Crippen LogP contribution in [-0.4, -0.2) is 47.5 Å². The Kier molecular flexibility index (Phi) is 3.38. The molecule has 0 aliphatic carbocycles. The lowest BCUT2D eigenvalue weighted by atomic mass is 10.1. The number of anilines is 3. The summed E-state index contributed by atoms with van der Waals surface area (Å²) in [5, 5.41) is 8.37. The van der Waals surface area contributed by atoms with Crippen LogP contribution in [0.2, 0.25) is 0 Å². The van der Waals surface area contributed by atoms with Crippen molar-refractivity contribution in [2.75, 3.05) is 36.1 Å². The zero-order valence-corrected chi connectivity index (χ0v) is 12.6. The van der Waals surface area contributed by atoms with Gasteiger partial charge in [-0.3, -0.25) is 0 Å². The van der Waals surface area contributed by atoms with Crippen molar-refractivity contribution in [1.29, 1.82) is 0 Å². The molecule has 22 heavy (non-hydrogen) atoms. The van der Waals surface area contributed by atoms with Crippen molar-refractivity contribution < 1.29 is 4.74 Å². The van der Waals surface area contributed by atoms with Crippen LogP contribution in [0.15, 0.2) is 30.5 Å². The van der Waals surface area contributed by atoms with E-state index in [4.69, 9.17) is 9.72 Å². The molecule has 0 N–H and O–H groups in total. The number of fused-ring (bicyclic) bond motifs is 1. The lowest BCUT2D eigenvalue weighted by molar-refractivity contribution is 0.122. The van der Waals surface area contributed by atoms with Gasteiger partial charge >= 0.3 is 0 Å². The number of aromatic nitrogens is 3. The minimum absolute atomic E-state index is 0.381. The van der Waals surface area contributed by atoms with E-state index in [1.54, 1.807) is 6.20 Å². The number of ether oxygens (including phenoxy) is 1. The van der Waals surface area contributed by atoms with Crippen molar-refractivity contribution in [1.82, 2.24) is 15.2 Å². The molecule has 3 heterocycles. The fourth-order valence-corrected chi connectivity index (χ4v) is 3.21. The molecule has 6 heteroatoms. The van der Waals surface area contributed by atoms with E-state index in [1.807, 2.05) is 0 Å². The average molecular weight is 297 g/mol. The molecule has 1 aromatic heterocycles. The van der Waals surface area contributed by atoms with E-state index >= 15 is 0 Å². The van der Waals surface area contributed by atoms with Crippen LogP contribution in [0.25, 0.3) is 0 Å². The Morgan fingerprint density at radius 2 is 2.00 bits per heavy atom. The Hall–Kier alpha value is -2.21. The van der Waals surface area contributed by atoms with E-state index in [9.17, 15) is 0 Å². The maximum atomic E-state index is 5.39. The zero-order chi connectivity index (χ0) is 14.9. The first-order chi connectivity index (χ1) is 10.8. The number of hydrogen-bond acceptors (Lipinski definition) is 6. The monoisotopic (exact) mass is 297 g/mol. The highest BCUT2D eigenvalue weighted by molar-refractivity contribution is 5.68. The predicted octanol–water partition coefficient (Wildman–Crippen LogP) is 1.79. The van der Waals surface area contributed by atoms with E-state index in [0.717, 1.165) is 38.5 Å². The van der Waals surface area contributed by atoms with Crippen LogP contribution >= 0.6 is 0 Å². The molecule has 2 aliphatic rings. The Morgan fingerprint density at radius 3 is 2.86 bits per heavy atom. The van der Waals surface area contributed by atoms with Crippen LogP contribution in [0, 0.1) is 0 Å². The van der Waals surface area contributed by atoms with E-state index in [-0.39, 0.29) is 0 Å². The summed E-state index contributed by atoms with van der Waals surface area (Å²) in [6, 6.07) is 8.87. The number of benzene rings is 1. The normalized spacial score (nSPS) is 21.0. The number of hydrogen-bond donors (Lipinski definition) is 0. The van der Waals surface area contributed by atoms with Crippen molar-refractivity contribution in [3.63, 3.8) is 0 Å². The minimum Gasteiger partial charge on any atom is -0.378 e. The molecule has 2 aromatic rings. The molecule has 1 atom stereocenters. The summed E-state index contributed by atoms with van der Waals surface area (Å²) < 4.78 is 5.39. The maximum Gasteiger partial charge on any atom is 0.247 e. The topological polar surface area (TPSA) is 54.4 Å². The molecule has 114 valence electrons. The van der Waals surface area contributed by atoms with Crippen molar-refractivity contribution in [2.45, 2.75) is 19.4 Å². The van der Waals surface area contributed by atoms with Gasteiger partial charge in [0.1, 0.15) is 0 Å². The van der Waals surface area contributed by atoms with Crippen molar-refractivity contribution in [3.05, 3.63) is 36.0 Å². The minimum atomic E-state index is 0.381. The third kappa shape index (κ3) is 2.29. The summed E-state index contributed by atoms with van der Waals surface area (Å²) in [4.78, 5) is 9.14. The van der Waals surface area contributed by atoms with Gasteiger partial charge in [-0.25, -0.2) is 0 Å². The molecule has 0 radical (unpaired) electrons. The average Bonchev–Trinajstić information content (AvgIpc) is 2.91. The molecule has 0 saturated carbocycles. The van der Waals surface area contributed by atoms with Crippen molar-refractivity contribution in [3.8, 4) is 0 Å². The van der Waals surface area contributed by atoms with E-state index in [2.05, 4.69) is 51.2 Å². The second-order valence-electron chi connectivity index (χ2n) is 5.77. The molecule has 1 saturated heterocycles. The van der Waals surface area contributed by atoms with Gasteiger partial charge < -0.3 is 14.5 Å². The van der Waals surface area contributed by atoms with Gasteiger partial charge in [0.15, 0.2) is 5.82 Å². The van der Waals surface area contributed by atoms with E-state index in [0.29, 0.717) is 12.0 Å². The summed E-state index contributed by atoms with van der Waals surface area (Å²) in [5.74, 6) is 1.56. The third-order valence-electron chi connectivity index (χ3n) is 4.28. The number of rotatable bonds is 2. The number of morpholine rings is 1. The standard InChI is InChI=1S/C16H19N5O/c1-12-10-13-4-2-3-5-14(13)21(12)15-11-17-19-16(18-15)20-6-8-22-9-7-20/h2-5,11-12H,6-10H2,1H3. The maximum absolute atomic E-state index is 5.39. The molecule has 0 bridgehead atoms. The summed E-state index contributed by atoms with van der Waals surface area (Å²) in [6.45, 7) is 5.29.